The van der Waals surface area contributed by atoms with Crippen molar-refractivity contribution >= 4 is 45.3 Å². The molecule has 256 valence electrons. The monoisotopic (exact) mass is 723 g/mol. The summed E-state index contributed by atoms with van der Waals surface area (Å²) in [4.78, 5) is 58.2. The van der Waals surface area contributed by atoms with Gasteiger partial charge in [-0.2, -0.15) is 0 Å². The van der Waals surface area contributed by atoms with Gasteiger partial charge >= 0.3 is 5.97 Å². The molecule has 3 heterocycles. The Morgan fingerprint density at radius 3 is 2.50 bits per heavy atom. The number of benzene rings is 2. The summed E-state index contributed by atoms with van der Waals surface area (Å²) in [6.07, 6.45) is 2.66. The number of esters is 1. The van der Waals surface area contributed by atoms with Crippen molar-refractivity contribution in [1.82, 2.24) is 10.2 Å². The average Bonchev–Trinajstić information content (AvgIpc) is 3.68. The third kappa shape index (κ3) is 6.53. The van der Waals surface area contributed by atoms with Gasteiger partial charge in [0.25, 0.3) is 5.91 Å². The van der Waals surface area contributed by atoms with Crippen LogP contribution in [0.5, 0.6) is 5.75 Å². The third-order valence-corrected chi connectivity index (χ3v) is 10.2. The van der Waals surface area contributed by atoms with Crippen molar-refractivity contribution in [1.29, 1.82) is 0 Å². The lowest BCUT2D eigenvalue weighted by Gasteiger charge is -2.37. The number of carbonyl (C=O) groups excluding carboxylic acids is 4. The van der Waals surface area contributed by atoms with Gasteiger partial charge in [0.05, 0.1) is 37.7 Å². The Morgan fingerprint density at radius 1 is 1.17 bits per heavy atom. The van der Waals surface area contributed by atoms with Gasteiger partial charge in [0.2, 0.25) is 11.8 Å². The van der Waals surface area contributed by atoms with Crippen molar-refractivity contribution in [3.8, 4) is 5.75 Å². The highest BCUT2D eigenvalue weighted by Crippen LogP contribution is 2.60. The van der Waals surface area contributed by atoms with Gasteiger partial charge in [-0.3, -0.25) is 19.2 Å². The molecule has 2 bridgehead atoms. The second kappa shape index (κ2) is 15.0. The second-order valence-corrected chi connectivity index (χ2v) is 13.5. The molecule has 8 atom stereocenters. The van der Waals surface area contributed by atoms with Crippen molar-refractivity contribution in [2.75, 3.05) is 31.7 Å². The number of amides is 3. The van der Waals surface area contributed by atoms with Crippen LogP contribution in [-0.4, -0.2) is 89.1 Å². The molecule has 3 aliphatic rings. The Labute approximate surface area is 289 Å². The molecule has 3 amide bonds. The maximum absolute atomic E-state index is 14.6. The smallest absolute Gasteiger partial charge is 0.313 e. The fourth-order valence-electron chi connectivity index (χ4n) is 7.33. The molecule has 0 radical (unpaired) electrons. The van der Waals surface area contributed by atoms with E-state index in [1.54, 1.807) is 50.5 Å². The maximum atomic E-state index is 14.6. The highest BCUT2D eigenvalue weighted by atomic mass is 79.9. The summed E-state index contributed by atoms with van der Waals surface area (Å²) in [5.74, 6) is -3.21. The summed E-state index contributed by atoms with van der Waals surface area (Å²) in [6.45, 7) is 8.88. The van der Waals surface area contributed by atoms with E-state index in [2.05, 4.69) is 34.4 Å². The molecule has 1 unspecified atom stereocenters. The predicted octanol–water partition coefficient (Wildman–Crippen LogP) is 3.71. The van der Waals surface area contributed by atoms with E-state index < -0.39 is 66.1 Å². The number of β-amino-alcohol motifs (C(OH)–C–C–N with tert-alkyl or cyclic N) is 1. The Morgan fingerprint density at radius 2 is 1.88 bits per heavy atom. The number of aliphatic hydroxyl groups excluding tert-OH is 1. The number of hydrogen-bond acceptors (Lipinski definition) is 8. The van der Waals surface area contributed by atoms with E-state index in [0.717, 1.165) is 0 Å². The third-order valence-electron chi connectivity index (χ3n) is 9.39. The van der Waals surface area contributed by atoms with Gasteiger partial charge in [0.1, 0.15) is 23.5 Å². The fourth-order valence-corrected chi connectivity index (χ4v) is 8.27. The van der Waals surface area contributed by atoms with Crippen LogP contribution in [0, 0.1) is 11.8 Å². The summed E-state index contributed by atoms with van der Waals surface area (Å²) >= 11 is 3.68. The lowest BCUT2D eigenvalue weighted by Crippen LogP contribution is -2.57. The first-order valence-electron chi connectivity index (χ1n) is 16.1. The quantitative estimate of drug-likeness (QED) is 0.161. The average molecular weight is 725 g/mol. The number of aliphatic hydroxyl groups is 1. The van der Waals surface area contributed by atoms with E-state index in [9.17, 15) is 24.3 Å². The normalized spacial score (nSPS) is 26.7. The minimum absolute atomic E-state index is 0.124. The standard InChI is InChI=1S/C36H42BrN3O8/c1-5-7-13-27(42)38-22(3)30(23-11-9-8-10-12-23)47-35(45)28-29-33(43)40(19-20-41)32(36(29)21-26(37)31(28)48-36)34(44)39(18-6-2)24-14-16-25(46-4)17-15-24/h5-6,8-12,14-17,22,26,28-32,41H,1-2,7,13,18-21H2,3-4H3,(H,38,42)/t22-,26?,28+,29-,30-,31+,32+,36-/m1/s1. The number of likely N-dealkylation sites (tertiary alicyclic amines) is 1. The molecule has 2 N–H and O–H groups in total. The van der Waals surface area contributed by atoms with Crippen LogP contribution in [-0.2, 0) is 28.7 Å². The molecule has 5 rings (SSSR count). The summed E-state index contributed by atoms with van der Waals surface area (Å²) in [6, 6.07) is 14.3. The molecule has 11 nitrogen and oxygen atoms in total. The van der Waals surface area contributed by atoms with Crippen LogP contribution in [0.2, 0.25) is 0 Å². The number of carbonyl (C=O) groups is 4. The number of alkyl halides is 1. The summed E-state index contributed by atoms with van der Waals surface area (Å²) < 4.78 is 18.1. The van der Waals surface area contributed by atoms with Crippen LogP contribution in [0.3, 0.4) is 0 Å². The number of allylic oxidation sites excluding steroid dienone is 1. The van der Waals surface area contributed by atoms with Crippen molar-refractivity contribution < 1.29 is 38.5 Å². The molecule has 0 saturated carbocycles. The van der Waals surface area contributed by atoms with E-state index >= 15 is 0 Å². The fraction of sp³-hybridized carbons (Fsp3) is 0.444. The van der Waals surface area contributed by atoms with Gasteiger partial charge < -0.3 is 34.4 Å². The minimum Gasteiger partial charge on any atom is -0.497 e. The Balaban J connectivity index is 1.48. The van der Waals surface area contributed by atoms with Crippen LogP contribution in [0.4, 0.5) is 5.69 Å². The molecule has 0 aliphatic carbocycles. The molecule has 2 aromatic carbocycles. The Hall–Kier alpha value is -4.00. The number of rotatable bonds is 15. The van der Waals surface area contributed by atoms with Gasteiger partial charge in [-0.1, -0.05) is 58.4 Å². The van der Waals surface area contributed by atoms with Crippen LogP contribution in [0.25, 0.3) is 0 Å². The zero-order valence-corrected chi connectivity index (χ0v) is 28.7. The molecule has 3 saturated heterocycles. The predicted molar refractivity (Wildman–Crippen MR) is 182 cm³/mol. The molecule has 3 aliphatic heterocycles. The van der Waals surface area contributed by atoms with Crippen LogP contribution in [0.15, 0.2) is 79.9 Å². The van der Waals surface area contributed by atoms with E-state index in [1.807, 2.05) is 30.3 Å². The Kier molecular flexibility index (Phi) is 11.1. The molecular formula is C36H42BrN3O8. The molecule has 2 aromatic rings. The number of fused-ring (bicyclic) bond motifs is 1. The van der Waals surface area contributed by atoms with Gasteiger partial charge in [-0.25, -0.2) is 0 Å². The number of halogens is 1. The van der Waals surface area contributed by atoms with Crippen molar-refractivity contribution in [3.05, 3.63) is 85.5 Å². The highest BCUT2D eigenvalue weighted by Gasteiger charge is 2.77. The zero-order chi connectivity index (χ0) is 34.6. The van der Waals surface area contributed by atoms with Crippen molar-refractivity contribution in [2.24, 2.45) is 11.8 Å². The van der Waals surface area contributed by atoms with E-state index in [4.69, 9.17) is 14.2 Å². The molecule has 1 spiro atoms. The molecule has 0 aromatic heterocycles. The summed E-state index contributed by atoms with van der Waals surface area (Å²) in [7, 11) is 1.55. The van der Waals surface area contributed by atoms with E-state index in [0.29, 0.717) is 29.8 Å². The first-order chi connectivity index (χ1) is 23.1. The van der Waals surface area contributed by atoms with Crippen molar-refractivity contribution in [3.63, 3.8) is 0 Å². The van der Waals surface area contributed by atoms with E-state index in [-0.39, 0.29) is 30.2 Å². The van der Waals surface area contributed by atoms with Gasteiger partial charge in [-0.05, 0) is 49.6 Å². The van der Waals surface area contributed by atoms with Gasteiger partial charge in [0, 0.05) is 30.0 Å². The lowest BCUT2D eigenvalue weighted by molar-refractivity contribution is -0.162. The minimum atomic E-state index is -1.36. The van der Waals surface area contributed by atoms with E-state index in [1.165, 1.54) is 9.80 Å². The molecule has 3 fully saturated rings. The van der Waals surface area contributed by atoms with Crippen LogP contribution in [0.1, 0.15) is 37.9 Å². The summed E-state index contributed by atoms with van der Waals surface area (Å²) in [5, 5.41) is 12.9. The highest BCUT2D eigenvalue weighted by molar-refractivity contribution is 9.09. The first kappa shape index (κ1) is 35.3. The number of methoxy groups -OCH3 is 1. The molecular weight excluding hydrogens is 682 g/mol. The second-order valence-electron chi connectivity index (χ2n) is 12.3. The molecule has 12 heteroatoms. The first-order valence-corrected chi connectivity index (χ1v) is 17.0. The van der Waals surface area contributed by atoms with Crippen molar-refractivity contribution in [2.45, 2.75) is 60.9 Å². The molecule has 48 heavy (non-hydrogen) atoms. The number of hydrogen-bond donors (Lipinski definition) is 2. The zero-order valence-electron chi connectivity index (χ0n) is 27.1. The largest absolute Gasteiger partial charge is 0.497 e. The Bertz CT molecular complexity index is 1520. The van der Waals surface area contributed by atoms with Gasteiger partial charge in [0.15, 0.2) is 0 Å². The number of ether oxygens (including phenoxy) is 3. The van der Waals surface area contributed by atoms with Crippen LogP contribution < -0.4 is 15.0 Å². The lowest BCUT2D eigenvalue weighted by atomic mass is 9.70. The SMILES string of the molecule is C=CCCC(=O)N[C@H](C)[C@@H](OC(=O)[C@@H]1[C@H]2O[C@@]3(CC2Br)[C@H](C(=O)N(CC=C)c2ccc(OC)cc2)N(CCO)C(=O)[C@@H]13)c1ccccc1. The summed E-state index contributed by atoms with van der Waals surface area (Å²) in [5.41, 5.74) is -0.126. The maximum Gasteiger partial charge on any atom is 0.313 e. The van der Waals surface area contributed by atoms with Gasteiger partial charge in [-0.15, -0.1) is 13.2 Å². The van der Waals surface area contributed by atoms with Crippen LogP contribution >= 0.6 is 15.9 Å². The number of anilines is 1. The number of nitrogens with zero attached hydrogens (tertiary/aromatic N) is 2. The number of nitrogens with one attached hydrogen (secondary N) is 1. The topological polar surface area (TPSA) is 135 Å².